The van der Waals surface area contributed by atoms with Gasteiger partial charge in [0.05, 0.1) is 23.5 Å². The van der Waals surface area contributed by atoms with E-state index in [-0.39, 0.29) is 29.2 Å². The zero-order valence-electron chi connectivity index (χ0n) is 8.00. The molecular formula is C10H14O3. The van der Waals surface area contributed by atoms with Crippen LogP contribution in [0.2, 0.25) is 0 Å². The molecule has 3 rings (SSSR count). The van der Waals surface area contributed by atoms with Crippen LogP contribution >= 0.6 is 0 Å². The molecule has 2 saturated heterocycles. The van der Waals surface area contributed by atoms with Gasteiger partial charge in [-0.3, -0.25) is 4.79 Å². The van der Waals surface area contributed by atoms with Gasteiger partial charge < -0.3 is 9.47 Å². The highest BCUT2D eigenvalue weighted by molar-refractivity contribution is 5.72. The summed E-state index contributed by atoms with van der Waals surface area (Å²) in [7, 11) is 0. The van der Waals surface area contributed by atoms with Crippen LogP contribution in [0.15, 0.2) is 0 Å². The smallest absolute Gasteiger partial charge is 0.308 e. The fourth-order valence-electron chi connectivity index (χ4n) is 3.22. The molecule has 3 fully saturated rings. The van der Waals surface area contributed by atoms with Crippen LogP contribution in [0, 0.1) is 5.41 Å². The van der Waals surface area contributed by atoms with Crippen molar-refractivity contribution in [3.8, 4) is 0 Å². The zero-order valence-corrected chi connectivity index (χ0v) is 8.00. The summed E-state index contributed by atoms with van der Waals surface area (Å²) < 4.78 is 11.2. The molecule has 0 aromatic heterocycles. The van der Waals surface area contributed by atoms with E-state index in [1.165, 1.54) is 0 Å². The summed E-state index contributed by atoms with van der Waals surface area (Å²) in [6.07, 6.45) is 2.67. The van der Waals surface area contributed by atoms with E-state index in [0.717, 1.165) is 12.8 Å². The molecule has 2 aliphatic heterocycles. The Kier molecular flexibility index (Phi) is 1.15. The number of hydrogen-bond acceptors (Lipinski definition) is 3. The van der Waals surface area contributed by atoms with Crippen LogP contribution in [0.5, 0.6) is 0 Å². The summed E-state index contributed by atoms with van der Waals surface area (Å²) in [5.41, 5.74) is 0.0734. The fraction of sp³-hybridized carbons (Fsp3) is 0.900. The van der Waals surface area contributed by atoms with Gasteiger partial charge in [0, 0.05) is 0 Å². The summed E-state index contributed by atoms with van der Waals surface area (Å²) in [4.78, 5) is 11.2. The highest BCUT2D eigenvalue weighted by Gasteiger charge is 2.71. The highest BCUT2D eigenvalue weighted by atomic mass is 16.6. The third-order valence-electron chi connectivity index (χ3n) is 4.39. The highest BCUT2D eigenvalue weighted by Crippen LogP contribution is 2.63. The van der Waals surface area contributed by atoms with Crippen LogP contribution < -0.4 is 0 Å². The summed E-state index contributed by atoms with van der Waals surface area (Å²) >= 11 is 0. The minimum atomic E-state index is -0.0866. The lowest BCUT2D eigenvalue weighted by Crippen LogP contribution is -2.69. The average molecular weight is 182 g/mol. The van der Waals surface area contributed by atoms with Crippen LogP contribution in [0.25, 0.3) is 0 Å². The molecule has 0 spiro atoms. The second-order valence-electron chi connectivity index (χ2n) is 4.84. The molecule has 1 aliphatic carbocycles. The minimum absolute atomic E-state index is 0.0248. The van der Waals surface area contributed by atoms with Crippen LogP contribution in [0.4, 0.5) is 0 Å². The van der Waals surface area contributed by atoms with E-state index in [9.17, 15) is 4.79 Å². The Balaban J connectivity index is 2.01. The van der Waals surface area contributed by atoms with E-state index in [1.807, 2.05) is 0 Å². The largest absolute Gasteiger partial charge is 0.461 e. The first-order valence-corrected chi connectivity index (χ1v) is 4.93. The summed E-state index contributed by atoms with van der Waals surface area (Å²) in [6, 6.07) is 0. The molecule has 4 atom stereocenters. The predicted molar refractivity (Wildman–Crippen MR) is 45.1 cm³/mol. The number of ether oxygens (including phenoxy) is 2. The number of carbonyl (C=O) groups is 1. The minimum Gasteiger partial charge on any atom is -0.461 e. The van der Waals surface area contributed by atoms with Crippen molar-refractivity contribution >= 4 is 5.97 Å². The maximum absolute atomic E-state index is 11.2. The number of rotatable bonds is 0. The molecule has 3 nitrogen and oxygen atoms in total. The molecule has 0 amide bonds. The van der Waals surface area contributed by atoms with Gasteiger partial charge in [-0.05, 0) is 19.8 Å². The van der Waals surface area contributed by atoms with E-state index in [4.69, 9.17) is 9.47 Å². The standard InChI is InChI=1S/C10H14O3/c1-9-4-3-6-10(9,2)7(13-9)5-8(11)12-6/h6-7H,3-5H2,1-2H3. The molecule has 0 aromatic rings. The van der Waals surface area contributed by atoms with Crippen molar-refractivity contribution in [1.29, 1.82) is 0 Å². The van der Waals surface area contributed by atoms with Gasteiger partial charge in [-0.25, -0.2) is 0 Å². The third-order valence-corrected chi connectivity index (χ3v) is 4.39. The third kappa shape index (κ3) is 0.654. The fourth-order valence-corrected chi connectivity index (χ4v) is 3.22. The van der Waals surface area contributed by atoms with Crippen molar-refractivity contribution in [3.63, 3.8) is 0 Å². The molecule has 3 heteroatoms. The normalized spacial score (nSPS) is 58.2. The van der Waals surface area contributed by atoms with E-state index in [0.29, 0.717) is 6.42 Å². The van der Waals surface area contributed by atoms with Gasteiger partial charge in [-0.15, -0.1) is 0 Å². The Morgan fingerprint density at radius 3 is 2.92 bits per heavy atom. The molecule has 0 aromatic carbocycles. The molecule has 72 valence electrons. The van der Waals surface area contributed by atoms with Gasteiger partial charge in [0.25, 0.3) is 0 Å². The van der Waals surface area contributed by atoms with E-state index in [1.54, 1.807) is 0 Å². The van der Waals surface area contributed by atoms with Crippen molar-refractivity contribution < 1.29 is 14.3 Å². The molecule has 0 N–H and O–H groups in total. The Hall–Kier alpha value is -0.570. The van der Waals surface area contributed by atoms with Crippen molar-refractivity contribution in [2.75, 3.05) is 0 Å². The van der Waals surface area contributed by atoms with Crippen molar-refractivity contribution in [1.82, 2.24) is 0 Å². The van der Waals surface area contributed by atoms with E-state index < -0.39 is 0 Å². The van der Waals surface area contributed by atoms with Gasteiger partial charge in [0.2, 0.25) is 0 Å². The molecule has 1 saturated carbocycles. The van der Waals surface area contributed by atoms with Crippen molar-refractivity contribution in [2.24, 2.45) is 5.41 Å². The Labute approximate surface area is 77.4 Å². The molecular weight excluding hydrogens is 168 g/mol. The van der Waals surface area contributed by atoms with Crippen LogP contribution in [-0.4, -0.2) is 23.8 Å². The molecule has 0 radical (unpaired) electrons. The lowest BCUT2D eigenvalue weighted by molar-refractivity contribution is -0.325. The lowest BCUT2D eigenvalue weighted by atomic mass is 9.64. The number of carbonyl (C=O) groups excluding carboxylic acids is 1. The second kappa shape index (κ2) is 1.92. The Morgan fingerprint density at radius 1 is 1.38 bits per heavy atom. The maximum atomic E-state index is 11.2. The monoisotopic (exact) mass is 182 g/mol. The summed E-state index contributed by atoms with van der Waals surface area (Å²) in [5.74, 6) is -0.0866. The lowest BCUT2D eigenvalue weighted by Gasteiger charge is -2.60. The van der Waals surface area contributed by atoms with Crippen molar-refractivity contribution in [2.45, 2.75) is 50.9 Å². The molecule has 13 heavy (non-hydrogen) atoms. The Morgan fingerprint density at radius 2 is 2.15 bits per heavy atom. The summed E-state index contributed by atoms with van der Waals surface area (Å²) in [5, 5.41) is 0. The van der Waals surface area contributed by atoms with Gasteiger partial charge >= 0.3 is 5.97 Å². The first kappa shape index (κ1) is 7.80. The van der Waals surface area contributed by atoms with E-state index in [2.05, 4.69) is 13.8 Å². The first-order chi connectivity index (χ1) is 6.06. The average Bonchev–Trinajstić information content (AvgIpc) is 2.30. The SMILES string of the molecule is CC12CCC3OC(=O)CC(O1)C32C. The van der Waals surface area contributed by atoms with Gasteiger partial charge in [-0.1, -0.05) is 6.92 Å². The van der Waals surface area contributed by atoms with Crippen LogP contribution in [0.3, 0.4) is 0 Å². The molecule has 2 heterocycles. The van der Waals surface area contributed by atoms with Gasteiger partial charge in [0.15, 0.2) is 0 Å². The second-order valence-corrected chi connectivity index (χ2v) is 4.84. The zero-order chi connectivity index (χ0) is 9.27. The van der Waals surface area contributed by atoms with Gasteiger partial charge in [-0.2, -0.15) is 0 Å². The predicted octanol–water partition coefficient (Wildman–Crippen LogP) is 1.26. The van der Waals surface area contributed by atoms with Gasteiger partial charge in [0.1, 0.15) is 6.10 Å². The maximum Gasteiger partial charge on any atom is 0.308 e. The van der Waals surface area contributed by atoms with Crippen LogP contribution in [-0.2, 0) is 14.3 Å². The topological polar surface area (TPSA) is 35.5 Å². The molecule has 0 bridgehead atoms. The first-order valence-electron chi connectivity index (χ1n) is 4.93. The van der Waals surface area contributed by atoms with Crippen LogP contribution in [0.1, 0.15) is 33.1 Å². The van der Waals surface area contributed by atoms with Crippen molar-refractivity contribution in [3.05, 3.63) is 0 Å². The molecule has 3 aliphatic rings. The number of hydrogen-bond donors (Lipinski definition) is 0. The quantitative estimate of drug-likeness (QED) is 0.529. The Bertz CT molecular complexity index is 288. The summed E-state index contributed by atoms with van der Waals surface area (Å²) in [6.45, 7) is 4.34. The van der Waals surface area contributed by atoms with E-state index >= 15 is 0 Å². The number of esters is 1. The molecule has 4 unspecified atom stereocenters.